The molecule has 3 heteroatoms. The number of rotatable bonds is 3. The summed E-state index contributed by atoms with van der Waals surface area (Å²) in [5, 5.41) is 0. The molecule has 2 aliphatic rings. The van der Waals surface area contributed by atoms with Crippen LogP contribution < -0.4 is 0 Å². The van der Waals surface area contributed by atoms with Crippen molar-refractivity contribution in [1.29, 1.82) is 0 Å². The number of carbonyl (C=O) groups excluding carboxylic acids is 1. The van der Waals surface area contributed by atoms with Crippen LogP contribution in [0.4, 0.5) is 0 Å². The monoisotopic (exact) mass is 210 g/mol. The number of hydrogen-bond donors (Lipinski definition) is 0. The molecule has 15 heavy (non-hydrogen) atoms. The van der Waals surface area contributed by atoms with Crippen molar-refractivity contribution in [3.05, 3.63) is 12.2 Å². The predicted molar refractivity (Wildman–Crippen MR) is 56.3 cm³/mol. The highest BCUT2D eigenvalue weighted by Crippen LogP contribution is 2.52. The van der Waals surface area contributed by atoms with Gasteiger partial charge in [0.05, 0.1) is 6.61 Å². The summed E-state index contributed by atoms with van der Waals surface area (Å²) in [5.41, 5.74) is -0.0551. The lowest BCUT2D eigenvalue weighted by molar-refractivity contribution is -0.150. The highest BCUT2D eigenvalue weighted by atomic mass is 16.7. The third-order valence-corrected chi connectivity index (χ3v) is 3.83. The van der Waals surface area contributed by atoms with Crippen LogP contribution in [0.3, 0.4) is 0 Å². The molecule has 1 aliphatic heterocycles. The van der Waals surface area contributed by atoms with E-state index in [1.165, 1.54) is 0 Å². The third kappa shape index (κ3) is 1.54. The molecule has 0 aromatic carbocycles. The average molecular weight is 210 g/mol. The minimum absolute atomic E-state index is 0.0551. The van der Waals surface area contributed by atoms with Crippen molar-refractivity contribution in [3.63, 3.8) is 0 Å². The van der Waals surface area contributed by atoms with E-state index < -0.39 is 0 Å². The quantitative estimate of drug-likeness (QED) is 0.666. The van der Waals surface area contributed by atoms with Crippen LogP contribution in [0.1, 0.15) is 20.3 Å². The SMILES string of the molecule is COC1OC[C@@H]2C=C[C@@H](CC(C)=O)[C@]12C. The Kier molecular flexibility index (Phi) is 2.69. The van der Waals surface area contributed by atoms with Gasteiger partial charge >= 0.3 is 0 Å². The number of Topliss-reactive ketones (excluding diaryl/α,β-unsaturated/α-hetero) is 1. The van der Waals surface area contributed by atoms with E-state index in [1.807, 2.05) is 0 Å². The number of ether oxygens (including phenoxy) is 2. The first-order chi connectivity index (χ1) is 7.09. The average Bonchev–Trinajstić information content (AvgIpc) is 2.63. The van der Waals surface area contributed by atoms with Crippen molar-refractivity contribution in [3.8, 4) is 0 Å². The number of fused-ring (bicyclic) bond motifs is 1. The first-order valence-corrected chi connectivity index (χ1v) is 5.41. The molecule has 0 amide bonds. The van der Waals surface area contributed by atoms with E-state index in [4.69, 9.17) is 9.47 Å². The Hall–Kier alpha value is -0.670. The zero-order valence-electron chi connectivity index (χ0n) is 9.53. The Morgan fingerprint density at radius 1 is 1.60 bits per heavy atom. The van der Waals surface area contributed by atoms with E-state index in [1.54, 1.807) is 14.0 Å². The van der Waals surface area contributed by atoms with E-state index >= 15 is 0 Å². The normalized spacial score (nSPS) is 43.3. The van der Waals surface area contributed by atoms with Gasteiger partial charge in [-0.3, -0.25) is 0 Å². The first-order valence-electron chi connectivity index (χ1n) is 5.41. The minimum atomic E-state index is -0.179. The zero-order chi connectivity index (χ0) is 11.1. The molecule has 4 atom stereocenters. The number of carbonyl (C=O) groups is 1. The van der Waals surface area contributed by atoms with Crippen LogP contribution in [0.5, 0.6) is 0 Å². The topological polar surface area (TPSA) is 35.5 Å². The second kappa shape index (κ2) is 3.72. The lowest BCUT2D eigenvalue weighted by Gasteiger charge is -2.34. The van der Waals surface area contributed by atoms with Crippen molar-refractivity contribution in [2.24, 2.45) is 17.3 Å². The van der Waals surface area contributed by atoms with Crippen molar-refractivity contribution >= 4 is 5.78 Å². The Bertz CT molecular complexity index is 297. The smallest absolute Gasteiger partial charge is 0.163 e. The maximum atomic E-state index is 11.2. The number of methoxy groups -OCH3 is 1. The number of hydrogen-bond acceptors (Lipinski definition) is 3. The van der Waals surface area contributed by atoms with Crippen LogP contribution >= 0.6 is 0 Å². The molecule has 1 saturated heterocycles. The van der Waals surface area contributed by atoms with E-state index in [9.17, 15) is 4.79 Å². The lowest BCUT2D eigenvalue weighted by Crippen LogP contribution is -2.38. The third-order valence-electron chi connectivity index (χ3n) is 3.83. The van der Waals surface area contributed by atoms with Crippen LogP contribution in [0.25, 0.3) is 0 Å². The Morgan fingerprint density at radius 3 is 2.93 bits per heavy atom. The Labute approximate surface area is 90.4 Å². The highest BCUT2D eigenvalue weighted by Gasteiger charge is 2.54. The summed E-state index contributed by atoms with van der Waals surface area (Å²) in [6.45, 7) is 4.51. The molecule has 0 saturated carbocycles. The maximum Gasteiger partial charge on any atom is 0.163 e. The molecule has 0 bridgehead atoms. The molecule has 1 heterocycles. The molecule has 2 rings (SSSR count). The van der Waals surface area contributed by atoms with Crippen molar-refractivity contribution < 1.29 is 14.3 Å². The fraction of sp³-hybridized carbons (Fsp3) is 0.750. The molecule has 1 aliphatic carbocycles. The van der Waals surface area contributed by atoms with E-state index in [0.29, 0.717) is 18.9 Å². The summed E-state index contributed by atoms with van der Waals surface area (Å²) in [7, 11) is 1.67. The van der Waals surface area contributed by atoms with Gasteiger partial charge in [-0.15, -0.1) is 0 Å². The van der Waals surface area contributed by atoms with Crippen LogP contribution in [0, 0.1) is 17.3 Å². The zero-order valence-corrected chi connectivity index (χ0v) is 9.53. The van der Waals surface area contributed by atoms with Gasteiger partial charge in [0, 0.05) is 24.9 Å². The molecule has 84 valence electrons. The molecule has 0 spiro atoms. The first kappa shape index (κ1) is 10.8. The summed E-state index contributed by atoms with van der Waals surface area (Å²) in [4.78, 5) is 11.2. The second-order valence-electron chi connectivity index (χ2n) is 4.77. The number of ketones is 1. The molecule has 3 nitrogen and oxygen atoms in total. The van der Waals surface area contributed by atoms with E-state index in [-0.39, 0.29) is 23.4 Å². The molecular weight excluding hydrogens is 192 g/mol. The molecular formula is C12H18O3. The van der Waals surface area contributed by atoms with Crippen LogP contribution in [0.15, 0.2) is 12.2 Å². The summed E-state index contributed by atoms with van der Waals surface area (Å²) in [6.07, 6.45) is 4.74. The van der Waals surface area contributed by atoms with Gasteiger partial charge < -0.3 is 14.3 Å². The molecule has 1 unspecified atom stereocenters. The van der Waals surface area contributed by atoms with Crippen molar-refractivity contribution in [1.82, 2.24) is 0 Å². The van der Waals surface area contributed by atoms with Gasteiger partial charge in [-0.25, -0.2) is 0 Å². The highest BCUT2D eigenvalue weighted by molar-refractivity contribution is 5.76. The van der Waals surface area contributed by atoms with Gasteiger partial charge in [0.1, 0.15) is 5.78 Å². The fourth-order valence-corrected chi connectivity index (χ4v) is 2.83. The minimum Gasteiger partial charge on any atom is -0.355 e. The standard InChI is InChI=1S/C12H18O3/c1-8(13)6-9-4-5-10-7-15-11(14-3)12(9,10)2/h4-5,9-11H,6-7H2,1-3H3/t9-,10-,11?,12-/m0/s1. The van der Waals surface area contributed by atoms with Gasteiger partial charge in [-0.2, -0.15) is 0 Å². The van der Waals surface area contributed by atoms with Crippen LogP contribution in [0.2, 0.25) is 0 Å². The molecule has 0 N–H and O–H groups in total. The summed E-state index contributed by atoms with van der Waals surface area (Å²) in [5.74, 6) is 0.882. The fourth-order valence-electron chi connectivity index (χ4n) is 2.83. The molecule has 0 aromatic rings. The van der Waals surface area contributed by atoms with Gasteiger partial charge in [0.15, 0.2) is 6.29 Å². The Morgan fingerprint density at radius 2 is 2.33 bits per heavy atom. The predicted octanol–water partition coefficient (Wildman–Crippen LogP) is 1.78. The summed E-state index contributed by atoms with van der Waals surface area (Å²) in [6, 6.07) is 0. The Balaban J connectivity index is 2.20. The summed E-state index contributed by atoms with van der Waals surface area (Å²) < 4.78 is 11.0. The second-order valence-corrected chi connectivity index (χ2v) is 4.77. The van der Waals surface area contributed by atoms with Crippen molar-refractivity contribution in [2.75, 3.05) is 13.7 Å². The van der Waals surface area contributed by atoms with Crippen LogP contribution in [-0.4, -0.2) is 25.8 Å². The van der Waals surface area contributed by atoms with E-state index in [2.05, 4.69) is 19.1 Å². The van der Waals surface area contributed by atoms with Gasteiger partial charge in [0.25, 0.3) is 0 Å². The van der Waals surface area contributed by atoms with Gasteiger partial charge in [-0.05, 0) is 12.8 Å². The number of allylic oxidation sites excluding steroid dienone is 1. The lowest BCUT2D eigenvalue weighted by atomic mass is 9.72. The van der Waals surface area contributed by atoms with Crippen LogP contribution in [-0.2, 0) is 14.3 Å². The molecule has 0 aromatic heterocycles. The maximum absolute atomic E-state index is 11.2. The molecule has 1 fully saturated rings. The van der Waals surface area contributed by atoms with Gasteiger partial charge in [-0.1, -0.05) is 19.1 Å². The summed E-state index contributed by atoms with van der Waals surface area (Å²) >= 11 is 0. The van der Waals surface area contributed by atoms with E-state index in [0.717, 1.165) is 0 Å². The largest absolute Gasteiger partial charge is 0.355 e. The molecule has 0 radical (unpaired) electrons. The van der Waals surface area contributed by atoms with Crippen molar-refractivity contribution in [2.45, 2.75) is 26.6 Å². The van der Waals surface area contributed by atoms with Gasteiger partial charge in [0.2, 0.25) is 0 Å².